The van der Waals surface area contributed by atoms with Crippen molar-refractivity contribution < 1.29 is 14.7 Å². The Morgan fingerprint density at radius 1 is 1.24 bits per heavy atom. The number of carboxylic acid groups (broad SMARTS) is 1. The van der Waals surface area contributed by atoms with Crippen molar-refractivity contribution >= 4 is 11.8 Å². The van der Waals surface area contributed by atoms with Crippen molar-refractivity contribution in [3.63, 3.8) is 0 Å². The third kappa shape index (κ3) is 2.57. The van der Waals surface area contributed by atoms with Gasteiger partial charge in [0.05, 0.1) is 11.9 Å². The first-order valence-electron chi connectivity index (χ1n) is 5.02. The van der Waals surface area contributed by atoms with Crippen LogP contribution in [0.15, 0.2) is 42.7 Å². The predicted octanol–water partition coefficient (Wildman–Crippen LogP) is 1.07. The molecule has 0 atom stereocenters. The Morgan fingerprint density at radius 3 is 2.59 bits per heavy atom. The predicted molar refractivity (Wildman–Crippen MR) is 59.9 cm³/mol. The summed E-state index contributed by atoms with van der Waals surface area (Å²) >= 11 is 0. The van der Waals surface area contributed by atoms with Crippen LogP contribution in [0.1, 0.15) is 5.56 Å². The van der Waals surface area contributed by atoms with E-state index < -0.39 is 11.8 Å². The summed E-state index contributed by atoms with van der Waals surface area (Å²) in [6.07, 6.45) is 3.01. The number of benzene rings is 1. The van der Waals surface area contributed by atoms with Crippen molar-refractivity contribution in [3.8, 4) is 5.69 Å². The molecule has 1 aromatic carbocycles. The molecule has 5 nitrogen and oxygen atoms in total. The Labute approximate surface area is 97.3 Å². The lowest BCUT2D eigenvalue weighted by molar-refractivity contribution is -0.148. The Bertz CT molecular complexity index is 546. The lowest BCUT2D eigenvalue weighted by atomic mass is 10.2. The maximum atomic E-state index is 11.0. The van der Waals surface area contributed by atoms with Crippen molar-refractivity contribution in [2.24, 2.45) is 0 Å². The van der Waals surface area contributed by atoms with Crippen LogP contribution in [0.2, 0.25) is 0 Å². The van der Waals surface area contributed by atoms with E-state index in [4.69, 9.17) is 5.11 Å². The molecule has 0 bridgehead atoms. The van der Waals surface area contributed by atoms with Crippen molar-refractivity contribution in [2.45, 2.75) is 6.42 Å². The van der Waals surface area contributed by atoms with Crippen molar-refractivity contribution in [3.05, 3.63) is 48.3 Å². The molecule has 0 saturated heterocycles. The zero-order valence-electron chi connectivity index (χ0n) is 8.91. The Balaban J connectivity index is 2.17. The number of carboxylic acids is 1. The largest absolute Gasteiger partial charge is 0.475 e. The molecule has 0 saturated carbocycles. The van der Waals surface area contributed by atoms with E-state index in [-0.39, 0.29) is 6.42 Å². The maximum absolute atomic E-state index is 11.0. The van der Waals surface area contributed by atoms with Gasteiger partial charge in [0, 0.05) is 12.6 Å². The van der Waals surface area contributed by atoms with E-state index in [0.717, 1.165) is 5.69 Å². The first-order valence-corrected chi connectivity index (χ1v) is 5.02. The van der Waals surface area contributed by atoms with Gasteiger partial charge in [0.1, 0.15) is 0 Å². The van der Waals surface area contributed by atoms with E-state index >= 15 is 0 Å². The normalized spacial score (nSPS) is 10.1. The summed E-state index contributed by atoms with van der Waals surface area (Å²) in [5.41, 5.74) is 1.45. The van der Waals surface area contributed by atoms with Crippen LogP contribution in [0.25, 0.3) is 5.69 Å². The van der Waals surface area contributed by atoms with Crippen LogP contribution in [0, 0.1) is 0 Å². The van der Waals surface area contributed by atoms with E-state index in [1.54, 1.807) is 10.9 Å². The molecule has 2 rings (SSSR count). The number of hydrogen-bond acceptors (Lipinski definition) is 3. The Morgan fingerprint density at radius 2 is 1.94 bits per heavy atom. The summed E-state index contributed by atoms with van der Waals surface area (Å²) in [6, 6.07) is 9.38. The fourth-order valence-electron chi connectivity index (χ4n) is 1.43. The SMILES string of the molecule is O=C(O)C(=O)Cc1cnn(-c2ccccc2)c1. The molecule has 86 valence electrons. The van der Waals surface area contributed by atoms with Gasteiger partial charge in [-0.25, -0.2) is 9.48 Å². The van der Waals surface area contributed by atoms with Gasteiger partial charge in [-0.05, 0) is 17.7 Å². The number of para-hydroxylation sites is 1. The van der Waals surface area contributed by atoms with Gasteiger partial charge in [-0.2, -0.15) is 5.10 Å². The summed E-state index contributed by atoms with van der Waals surface area (Å²) in [4.78, 5) is 21.4. The van der Waals surface area contributed by atoms with Crippen LogP contribution in [0.4, 0.5) is 0 Å². The highest BCUT2D eigenvalue weighted by Gasteiger charge is 2.13. The number of ketones is 1. The number of carbonyl (C=O) groups excluding carboxylic acids is 1. The van der Waals surface area contributed by atoms with E-state index in [0.29, 0.717) is 5.56 Å². The molecule has 0 aliphatic rings. The summed E-state index contributed by atoms with van der Waals surface area (Å²) in [5, 5.41) is 12.6. The monoisotopic (exact) mass is 230 g/mol. The molecule has 0 amide bonds. The fraction of sp³-hybridized carbons (Fsp3) is 0.0833. The zero-order valence-corrected chi connectivity index (χ0v) is 8.91. The zero-order chi connectivity index (χ0) is 12.3. The van der Waals surface area contributed by atoms with Gasteiger partial charge < -0.3 is 5.11 Å². The molecule has 0 aliphatic heterocycles. The highest BCUT2D eigenvalue weighted by atomic mass is 16.4. The molecule has 1 heterocycles. The molecule has 0 fully saturated rings. The summed E-state index contributed by atoms with van der Waals surface area (Å²) < 4.78 is 1.60. The van der Waals surface area contributed by atoms with E-state index in [2.05, 4.69) is 5.10 Å². The van der Waals surface area contributed by atoms with E-state index in [1.165, 1.54) is 6.20 Å². The molecule has 0 radical (unpaired) electrons. The van der Waals surface area contributed by atoms with Gasteiger partial charge in [-0.15, -0.1) is 0 Å². The highest BCUT2D eigenvalue weighted by Crippen LogP contribution is 2.08. The minimum Gasteiger partial charge on any atom is -0.475 e. The molecular weight excluding hydrogens is 220 g/mol. The number of Topliss-reactive ketones (excluding diaryl/α,β-unsaturated/α-hetero) is 1. The third-order valence-corrected chi connectivity index (χ3v) is 2.26. The van der Waals surface area contributed by atoms with Gasteiger partial charge in [0.15, 0.2) is 0 Å². The first-order chi connectivity index (χ1) is 8.16. The second-order valence-electron chi connectivity index (χ2n) is 3.53. The van der Waals surface area contributed by atoms with Crippen molar-refractivity contribution in [2.75, 3.05) is 0 Å². The van der Waals surface area contributed by atoms with Crippen LogP contribution in [0.3, 0.4) is 0 Å². The fourth-order valence-corrected chi connectivity index (χ4v) is 1.43. The smallest absolute Gasteiger partial charge is 0.372 e. The molecular formula is C12H10N2O3. The maximum Gasteiger partial charge on any atom is 0.372 e. The molecule has 0 aliphatic carbocycles. The van der Waals surface area contributed by atoms with Crippen LogP contribution in [0.5, 0.6) is 0 Å². The lowest BCUT2D eigenvalue weighted by Gasteiger charge is -1.98. The Kier molecular flexibility index (Phi) is 3.00. The van der Waals surface area contributed by atoms with Crippen LogP contribution < -0.4 is 0 Å². The van der Waals surface area contributed by atoms with Gasteiger partial charge in [0.2, 0.25) is 5.78 Å². The minimum absolute atomic E-state index is 0.137. The van der Waals surface area contributed by atoms with Crippen LogP contribution in [-0.4, -0.2) is 26.6 Å². The second kappa shape index (κ2) is 4.61. The molecule has 2 aromatic rings. The average molecular weight is 230 g/mol. The van der Waals surface area contributed by atoms with Gasteiger partial charge >= 0.3 is 5.97 Å². The number of aromatic nitrogens is 2. The molecule has 0 spiro atoms. The lowest BCUT2D eigenvalue weighted by Crippen LogP contribution is -2.14. The van der Waals surface area contributed by atoms with E-state index in [9.17, 15) is 9.59 Å². The molecule has 0 unspecified atom stereocenters. The van der Waals surface area contributed by atoms with Crippen molar-refractivity contribution in [1.29, 1.82) is 0 Å². The second-order valence-corrected chi connectivity index (χ2v) is 3.53. The van der Waals surface area contributed by atoms with Crippen LogP contribution >= 0.6 is 0 Å². The topological polar surface area (TPSA) is 72.2 Å². The molecule has 1 aromatic heterocycles. The molecule has 1 N–H and O–H groups in total. The van der Waals surface area contributed by atoms with Crippen LogP contribution in [-0.2, 0) is 16.0 Å². The highest BCUT2D eigenvalue weighted by molar-refractivity contribution is 6.33. The third-order valence-electron chi connectivity index (χ3n) is 2.26. The summed E-state index contributed by atoms with van der Waals surface area (Å²) in [7, 11) is 0. The number of carbonyl (C=O) groups is 2. The number of aliphatic carboxylic acids is 1. The summed E-state index contributed by atoms with van der Waals surface area (Å²) in [6.45, 7) is 0. The number of nitrogens with zero attached hydrogens (tertiary/aromatic N) is 2. The number of hydrogen-bond donors (Lipinski definition) is 1. The van der Waals surface area contributed by atoms with E-state index in [1.807, 2.05) is 30.3 Å². The first kappa shape index (κ1) is 11.1. The standard InChI is InChI=1S/C12H10N2O3/c15-11(12(16)17)6-9-7-13-14(8-9)10-4-2-1-3-5-10/h1-5,7-8H,6H2,(H,16,17). The molecule has 17 heavy (non-hydrogen) atoms. The van der Waals surface area contributed by atoms with Gasteiger partial charge in [-0.1, -0.05) is 18.2 Å². The average Bonchev–Trinajstić information content (AvgIpc) is 2.78. The summed E-state index contributed by atoms with van der Waals surface area (Å²) in [5.74, 6) is -2.25. The molecule has 5 heteroatoms. The minimum atomic E-state index is -1.42. The van der Waals surface area contributed by atoms with Crippen molar-refractivity contribution in [1.82, 2.24) is 9.78 Å². The Hall–Kier alpha value is -2.43. The number of rotatable bonds is 4. The van der Waals surface area contributed by atoms with Gasteiger partial charge in [-0.3, -0.25) is 4.79 Å². The quantitative estimate of drug-likeness (QED) is 0.797. The van der Waals surface area contributed by atoms with Gasteiger partial charge in [0.25, 0.3) is 0 Å².